The van der Waals surface area contributed by atoms with E-state index in [1.807, 2.05) is 59.5 Å². The Bertz CT molecular complexity index is 2790. The van der Waals surface area contributed by atoms with E-state index in [1.54, 1.807) is 24.4 Å². The lowest BCUT2D eigenvalue weighted by Crippen LogP contribution is -2.49. The van der Waals surface area contributed by atoms with Gasteiger partial charge in [0.25, 0.3) is 17.7 Å². The van der Waals surface area contributed by atoms with Gasteiger partial charge in [-0.2, -0.15) is 0 Å². The second-order valence-electron chi connectivity index (χ2n) is 19.2. The van der Waals surface area contributed by atoms with E-state index in [-0.39, 0.29) is 107 Å². The molecule has 1 aromatic heterocycles. The summed E-state index contributed by atoms with van der Waals surface area (Å²) in [6.45, 7) is 11.9. The molecular formula is C56H64N8O13. The summed E-state index contributed by atoms with van der Waals surface area (Å²) in [4.78, 5) is 119. The largest absolute Gasteiger partial charge is 0.494 e. The van der Waals surface area contributed by atoms with Crippen molar-refractivity contribution in [1.82, 2.24) is 35.8 Å². The molecule has 2 aliphatic heterocycles. The molecule has 77 heavy (non-hydrogen) atoms. The Hall–Kier alpha value is -7.80. The number of rotatable bonds is 26. The fraction of sp³-hybridized carbons (Fsp3) is 0.464. The van der Waals surface area contributed by atoms with Crippen LogP contribution in [0.2, 0.25) is 0 Å². The first-order valence-corrected chi connectivity index (χ1v) is 26.3. The lowest BCUT2D eigenvalue weighted by molar-refractivity contribution is -0.197. The maximum absolute atomic E-state index is 13.3. The molecule has 21 nitrogen and oxygen atoms in total. The molecule has 1 saturated carbocycles. The van der Waals surface area contributed by atoms with Crippen molar-refractivity contribution in [3.8, 4) is 16.9 Å². The Morgan fingerprint density at radius 3 is 2.23 bits per heavy atom. The second kappa shape index (κ2) is 27.3. The average Bonchev–Trinajstić information content (AvgIpc) is 4.16. The number of Topliss-reactive ketones (excluding diaryl/α,β-unsaturated/α-hetero) is 1. The van der Waals surface area contributed by atoms with E-state index >= 15 is 0 Å². The number of alkyl carbamates (subject to hydrolysis) is 1. The number of benzene rings is 3. The van der Waals surface area contributed by atoms with Crippen LogP contribution < -0.4 is 20.7 Å². The molecule has 0 radical (unpaired) electrons. The minimum Gasteiger partial charge on any atom is -0.494 e. The smallest absolute Gasteiger partial charge is 0.407 e. The van der Waals surface area contributed by atoms with Crippen LogP contribution in [0.15, 0.2) is 79.0 Å². The number of imide groups is 1. The number of carbonyl (C=O) groups excluding carboxylic acids is 8. The molecule has 2 saturated heterocycles. The summed E-state index contributed by atoms with van der Waals surface area (Å²) in [5.74, 6) is -3.28. The first kappa shape index (κ1) is 55.4. The van der Waals surface area contributed by atoms with Crippen molar-refractivity contribution in [2.75, 3.05) is 85.5 Å². The summed E-state index contributed by atoms with van der Waals surface area (Å²) in [6.07, 6.45) is 3.12. The minimum atomic E-state index is -1.23. The molecule has 406 valence electrons. The molecule has 3 atom stereocenters. The number of fused-ring (bicyclic) bond motifs is 4. The molecule has 3 fully saturated rings. The van der Waals surface area contributed by atoms with Crippen molar-refractivity contribution in [2.24, 2.45) is 5.92 Å². The monoisotopic (exact) mass is 1060 g/mol. The van der Waals surface area contributed by atoms with Crippen molar-refractivity contribution in [1.29, 1.82) is 0 Å². The number of aromatic nitrogens is 1. The molecule has 0 spiro atoms. The fourth-order valence-electron chi connectivity index (χ4n) is 10.1. The van der Waals surface area contributed by atoms with Crippen molar-refractivity contribution in [3.05, 3.63) is 107 Å². The Balaban J connectivity index is 0.684. The van der Waals surface area contributed by atoms with Gasteiger partial charge in [-0.1, -0.05) is 48.5 Å². The number of piperazine rings is 1. The number of amides is 6. The third-order valence-corrected chi connectivity index (χ3v) is 14.2. The molecule has 2 unspecified atom stereocenters. The van der Waals surface area contributed by atoms with Gasteiger partial charge in [0.2, 0.25) is 17.9 Å². The first-order chi connectivity index (χ1) is 37.5. The summed E-state index contributed by atoms with van der Waals surface area (Å²) in [5, 5.41) is 9.02. The van der Waals surface area contributed by atoms with Gasteiger partial charge in [0.15, 0.2) is 5.78 Å². The molecule has 21 heteroatoms. The summed E-state index contributed by atoms with van der Waals surface area (Å²) in [7, 11) is 0. The van der Waals surface area contributed by atoms with Crippen molar-refractivity contribution < 1.29 is 62.1 Å². The van der Waals surface area contributed by atoms with Crippen LogP contribution in [0.5, 0.6) is 5.75 Å². The van der Waals surface area contributed by atoms with Gasteiger partial charge in [-0.15, -0.1) is 5.06 Å². The molecule has 8 rings (SSSR count). The van der Waals surface area contributed by atoms with Crippen molar-refractivity contribution >= 4 is 58.3 Å². The highest BCUT2D eigenvalue weighted by Gasteiger charge is 2.38. The Morgan fingerprint density at radius 1 is 0.792 bits per heavy atom. The van der Waals surface area contributed by atoms with Gasteiger partial charge in [-0.3, -0.25) is 38.7 Å². The van der Waals surface area contributed by atoms with Gasteiger partial charge in [0, 0.05) is 76.0 Å². The number of hydroxylamine groups is 2. The second-order valence-corrected chi connectivity index (χ2v) is 19.2. The normalized spacial score (nSPS) is 17.5. The SMILES string of the molecule is [C-]#[N+][C@@H]1CCCC1C(=O)CNC(=O)c1ccnc2ccc(OCCCN3CCN(C(=O)CCOCCOCCNC(=O)C(CCC(=O)ON4C(=O)CCC4=O)NC(=O)OCC4c5ccccc5-c5ccccc54)CC3)cc12. The maximum atomic E-state index is 13.3. The number of pyridine rings is 1. The number of hydrogen-bond donors (Lipinski definition) is 3. The van der Waals surface area contributed by atoms with Crippen LogP contribution in [0.25, 0.3) is 26.9 Å². The minimum absolute atomic E-state index is 0.00146. The van der Waals surface area contributed by atoms with E-state index in [2.05, 4.69) is 30.7 Å². The van der Waals surface area contributed by atoms with Crippen molar-refractivity contribution in [3.63, 3.8) is 0 Å². The standard InChI is InChI=1S/C56H64N8O13/c1-57-46-13-6-12-43(46)49(65)35-60-54(70)42-20-22-58-47-15-14-37(34-44(42)47)75-29-7-24-62-25-27-63(28-26-62)50(66)21-30-73-32-33-74-31-23-59-55(71)48(16-19-53(69)77-64-51(67)17-18-52(64)68)61-56(72)76-36-45-40-10-4-2-8-38(40)39-9-3-5-11-41(39)45/h2-5,8-11,14-15,20,22,34,43,45-46,48H,6-7,12-13,16-19,21,23-33,35-36H2,(H,59,71)(H,60,70)(H,61,72)/t43?,46-,48?/m1/s1. The van der Waals surface area contributed by atoms with E-state index in [0.29, 0.717) is 59.8 Å². The molecule has 3 aromatic carbocycles. The quantitative estimate of drug-likeness (QED) is 0.0449. The fourth-order valence-corrected chi connectivity index (χ4v) is 10.1. The van der Waals surface area contributed by atoms with Crippen LogP contribution in [0.4, 0.5) is 4.79 Å². The number of hydrogen-bond acceptors (Lipinski definition) is 15. The number of nitrogens with one attached hydrogen (secondary N) is 3. The lowest BCUT2D eigenvalue weighted by Gasteiger charge is -2.34. The molecule has 3 N–H and O–H groups in total. The van der Waals surface area contributed by atoms with Crippen molar-refractivity contribution in [2.45, 2.75) is 75.8 Å². The molecule has 4 aliphatic rings. The Kier molecular flexibility index (Phi) is 19.7. The van der Waals surface area contributed by atoms with Gasteiger partial charge in [0.05, 0.1) is 69.4 Å². The van der Waals surface area contributed by atoms with Crippen LogP contribution in [0, 0.1) is 12.5 Å². The Labute approximate surface area is 446 Å². The van der Waals surface area contributed by atoms with E-state index in [0.717, 1.165) is 54.7 Å². The molecule has 0 bridgehead atoms. The van der Waals surface area contributed by atoms with Gasteiger partial charge in [-0.05, 0) is 72.2 Å². The number of ether oxygens (including phenoxy) is 4. The van der Waals surface area contributed by atoms with Crippen LogP contribution in [-0.4, -0.2) is 165 Å². The number of nitrogens with zero attached hydrogens (tertiary/aromatic N) is 5. The Morgan fingerprint density at radius 2 is 1.51 bits per heavy atom. The third kappa shape index (κ3) is 14.8. The molecule has 2 aliphatic carbocycles. The predicted octanol–water partition coefficient (Wildman–Crippen LogP) is 4.37. The van der Waals surface area contributed by atoms with Gasteiger partial charge in [0.1, 0.15) is 18.4 Å². The lowest BCUT2D eigenvalue weighted by atomic mass is 9.98. The van der Waals surface area contributed by atoms with E-state index in [4.69, 9.17) is 30.4 Å². The van der Waals surface area contributed by atoms with Crippen LogP contribution >= 0.6 is 0 Å². The van der Waals surface area contributed by atoms with Crippen LogP contribution in [0.1, 0.15) is 85.2 Å². The predicted molar refractivity (Wildman–Crippen MR) is 278 cm³/mol. The number of carbonyl (C=O) groups is 8. The third-order valence-electron chi connectivity index (χ3n) is 14.2. The molecule has 6 amide bonds. The highest BCUT2D eigenvalue weighted by molar-refractivity contribution is 6.07. The van der Waals surface area contributed by atoms with Gasteiger partial charge in [-0.25, -0.2) is 16.2 Å². The molecule has 3 heterocycles. The van der Waals surface area contributed by atoms with Crippen LogP contribution in [0.3, 0.4) is 0 Å². The van der Waals surface area contributed by atoms with E-state index < -0.39 is 42.2 Å². The topological polar surface area (TPSA) is 246 Å². The zero-order valence-electron chi connectivity index (χ0n) is 42.9. The molecule has 4 aromatic rings. The average molecular weight is 1060 g/mol. The summed E-state index contributed by atoms with van der Waals surface area (Å²) < 4.78 is 23.0. The zero-order chi connectivity index (χ0) is 54.1. The number of ketones is 1. The zero-order valence-corrected chi connectivity index (χ0v) is 42.9. The summed E-state index contributed by atoms with van der Waals surface area (Å²) in [6, 6.07) is 21.2. The summed E-state index contributed by atoms with van der Waals surface area (Å²) >= 11 is 0. The highest BCUT2D eigenvalue weighted by Crippen LogP contribution is 2.44. The summed E-state index contributed by atoms with van der Waals surface area (Å²) in [5.41, 5.74) is 5.14. The highest BCUT2D eigenvalue weighted by atomic mass is 16.7. The van der Waals surface area contributed by atoms with Crippen LogP contribution in [-0.2, 0) is 47.8 Å². The maximum Gasteiger partial charge on any atom is 0.407 e. The van der Waals surface area contributed by atoms with Gasteiger partial charge >= 0.3 is 12.1 Å². The van der Waals surface area contributed by atoms with Gasteiger partial charge < -0.3 is 49.5 Å². The van der Waals surface area contributed by atoms with E-state index in [9.17, 15) is 38.4 Å². The molecular weight excluding hydrogens is 993 g/mol. The first-order valence-electron chi connectivity index (χ1n) is 26.3. The van der Waals surface area contributed by atoms with E-state index in [1.165, 1.54) is 0 Å².